The summed E-state index contributed by atoms with van der Waals surface area (Å²) >= 11 is 1.73. The lowest BCUT2D eigenvalue weighted by atomic mass is 9.92. The number of thioether (sulfide) groups is 1. The first-order valence-electron chi connectivity index (χ1n) is 6.30. The zero-order valence-corrected chi connectivity index (χ0v) is 11.6. The van der Waals surface area contributed by atoms with Gasteiger partial charge in [0.05, 0.1) is 0 Å². The van der Waals surface area contributed by atoms with Gasteiger partial charge in [0.15, 0.2) is 0 Å². The lowest BCUT2D eigenvalue weighted by Gasteiger charge is -2.33. The normalized spacial score (nSPS) is 18.3. The summed E-state index contributed by atoms with van der Waals surface area (Å²) in [5.74, 6) is 0.460. The molecule has 0 spiro atoms. The zero-order valence-electron chi connectivity index (χ0n) is 10.7. The molecular formula is C12H21NO4S. The minimum absolute atomic E-state index is 0.191. The van der Waals surface area contributed by atoms with Crippen molar-refractivity contribution < 1.29 is 19.4 Å². The molecule has 0 aromatic rings. The van der Waals surface area contributed by atoms with Crippen LogP contribution in [-0.2, 0) is 14.3 Å². The second-order valence-corrected chi connectivity index (χ2v) is 5.57. The van der Waals surface area contributed by atoms with Crippen molar-refractivity contribution in [2.75, 3.05) is 24.7 Å². The van der Waals surface area contributed by atoms with Crippen molar-refractivity contribution in [2.24, 2.45) is 0 Å². The molecule has 5 nitrogen and oxygen atoms in total. The summed E-state index contributed by atoms with van der Waals surface area (Å²) in [4.78, 5) is 23.1. The Morgan fingerprint density at radius 3 is 2.61 bits per heavy atom. The van der Waals surface area contributed by atoms with Crippen LogP contribution < -0.4 is 5.32 Å². The molecule has 1 saturated heterocycles. The number of nitrogens with one attached hydrogen (secondary N) is 1. The van der Waals surface area contributed by atoms with Crippen LogP contribution in [0.25, 0.3) is 0 Å². The molecule has 2 N–H and O–H groups in total. The summed E-state index contributed by atoms with van der Waals surface area (Å²) in [7, 11) is 0. The molecule has 0 aromatic heterocycles. The van der Waals surface area contributed by atoms with Gasteiger partial charge in [0.25, 0.3) is 0 Å². The Kier molecular flexibility index (Phi) is 6.49. The summed E-state index contributed by atoms with van der Waals surface area (Å²) in [6.07, 6.45) is 1.96. The van der Waals surface area contributed by atoms with E-state index in [1.807, 2.05) is 6.92 Å². The maximum Gasteiger partial charge on any atom is 0.329 e. The highest BCUT2D eigenvalue weighted by Gasteiger charge is 2.40. The van der Waals surface area contributed by atoms with Crippen LogP contribution in [0, 0.1) is 0 Å². The van der Waals surface area contributed by atoms with Crippen molar-refractivity contribution in [3.8, 4) is 0 Å². The topological polar surface area (TPSA) is 75.6 Å². The van der Waals surface area contributed by atoms with E-state index in [-0.39, 0.29) is 5.91 Å². The average Bonchev–Trinajstić information content (AvgIpc) is 2.35. The minimum atomic E-state index is -1.05. The third kappa shape index (κ3) is 4.49. The highest BCUT2D eigenvalue weighted by Crippen LogP contribution is 2.27. The lowest BCUT2D eigenvalue weighted by molar-refractivity contribution is -0.148. The number of carbonyl (C=O) groups is 2. The number of hydrogen-bond acceptors (Lipinski definition) is 4. The van der Waals surface area contributed by atoms with E-state index in [0.717, 1.165) is 11.5 Å². The Hall–Kier alpha value is -0.750. The molecule has 1 aliphatic rings. The third-order valence-corrected chi connectivity index (χ3v) is 4.02. The van der Waals surface area contributed by atoms with Crippen LogP contribution in [0.2, 0.25) is 0 Å². The molecule has 0 unspecified atom stereocenters. The quantitative estimate of drug-likeness (QED) is 0.684. The van der Waals surface area contributed by atoms with E-state index in [1.54, 1.807) is 11.8 Å². The molecule has 0 aromatic carbocycles. The number of aliphatic carboxylic acids is 1. The Bertz CT molecular complexity index is 290. The van der Waals surface area contributed by atoms with Gasteiger partial charge in [-0.25, -0.2) is 4.79 Å². The van der Waals surface area contributed by atoms with Gasteiger partial charge in [-0.05, 0) is 37.7 Å². The fraction of sp³-hybridized carbons (Fsp3) is 0.833. The van der Waals surface area contributed by atoms with Gasteiger partial charge in [-0.3, -0.25) is 4.79 Å². The van der Waals surface area contributed by atoms with Gasteiger partial charge >= 0.3 is 5.97 Å². The molecule has 18 heavy (non-hydrogen) atoms. The predicted octanol–water partition coefficient (Wildman–Crippen LogP) is 1.27. The smallest absolute Gasteiger partial charge is 0.329 e. The van der Waals surface area contributed by atoms with Crippen molar-refractivity contribution in [1.29, 1.82) is 0 Å². The molecule has 0 radical (unpaired) electrons. The van der Waals surface area contributed by atoms with Gasteiger partial charge in [-0.15, -0.1) is 0 Å². The van der Waals surface area contributed by atoms with E-state index in [9.17, 15) is 14.7 Å². The van der Waals surface area contributed by atoms with Crippen molar-refractivity contribution in [3.63, 3.8) is 0 Å². The molecule has 0 bridgehead atoms. The molecule has 0 saturated carbocycles. The Morgan fingerprint density at radius 2 is 2.06 bits per heavy atom. The Morgan fingerprint density at radius 1 is 1.39 bits per heavy atom. The van der Waals surface area contributed by atoms with Crippen molar-refractivity contribution in [3.05, 3.63) is 0 Å². The maximum atomic E-state index is 11.7. The van der Waals surface area contributed by atoms with Crippen LogP contribution in [0.3, 0.4) is 0 Å². The first-order chi connectivity index (χ1) is 8.60. The highest BCUT2D eigenvalue weighted by molar-refractivity contribution is 7.99. The number of carbonyl (C=O) groups excluding carboxylic acids is 1. The third-order valence-electron chi connectivity index (χ3n) is 3.03. The Balaban J connectivity index is 2.41. The number of amides is 1. The second kappa shape index (κ2) is 7.63. The molecule has 104 valence electrons. The van der Waals surface area contributed by atoms with E-state index < -0.39 is 11.5 Å². The monoisotopic (exact) mass is 275 g/mol. The molecule has 0 aliphatic carbocycles. The fourth-order valence-electron chi connectivity index (χ4n) is 1.92. The van der Waals surface area contributed by atoms with Crippen LogP contribution in [0.15, 0.2) is 0 Å². The van der Waals surface area contributed by atoms with E-state index in [4.69, 9.17) is 4.74 Å². The van der Waals surface area contributed by atoms with Crippen molar-refractivity contribution >= 4 is 23.6 Å². The van der Waals surface area contributed by atoms with E-state index in [1.165, 1.54) is 0 Å². The number of carboxylic acid groups (broad SMARTS) is 1. The van der Waals surface area contributed by atoms with Gasteiger partial charge < -0.3 is 15.2 Å². The standard InChI is InChI=1S/C12H21NO4S/c1-2-17-7-3-4-10(14)13-12(11(15)16)5-8-18-9-6-12/h2-9H2,1H3,(H,13,14)(H,15,16). The number of ether oxygens (including phenoxy) is 1. The zero-order chi connectivity index (χ0) is 13.4. The van der Waals surface area contributed by atoms with Gasteiger partial charge in [0.2, 0.25) is 5.91 Å². The molecule has 1 fully saturated rings. The number of carboxylic acids is 1. The van der Waals surface area contributed by atoms with Crippen molar-refractivity contribution in [2.45, 2.75) is 38.1 Å². The summed E-state index contributed by atoms with van der Waals surface area (Å²) in [5, 5.41) is 12.0. The fourth-order valence-corrected chi connectivity index (χ4v) is 3.11. The molecule has 1 rings (SSSR count). The average molecular weight is 275 g/mol. The molecule has 1 amide bonds. The molecule has 0 atom stereocenters. The van der Waals surface area contributed by atoms with E-state index >= 15 is 0 Å². The molecule has 1 aliphatic heterocycles. The van der Waals surface area contributed by atoms with Crippen LogP contribution >= 0.6 is 11.8 Å². The van der Waals surface area contributed by atoms with Crippen LogP contribution in [-0.4, -0.2) is 47.2 Å². The van der Waals surface area contributed by atoms with Crippen LogP contribution in [0.4, 0.5) is 0 Å². The predicted molar refractivity (Wildman–Crippen MR) is 70.8 cm³/mol. The Labute approximate surface area is 112 Å². The van der Waals surface area contributed by atoms with E-state index in [2.05, 4.69) is 5.32 Å². The lowest BCUT2D eigenvalue weighted by Crippen LogP contribution is -2.56. The highest BCUT2D eigenvalue weighted by atomic mass is 32.2. The second-order valence-electron chi connectivity index (χ2n) is 4.35. The van der Waals surface area contributed by atoms with E-state index in [0.29, 0.717) is 38.9 Å². The summed E-state index contributed by atoms with van der Waals surface area (Å²) in [5.41, 5.74) is -1.05. The number of rotatable bonds is 7. The van der Waals surface area contributed by atoms with Gasteiger partial charge in [0.1, 0.15) is 5.54 Å². The van der Waals surface area contributed by atoms with Gasteiger partial charge in [0, 0.05) is 19.6 Å². The maximum absolute atomic E-state index is 11.7. The summed E-state index contributed by atoms with van der Waals surface area (Å²) in [6.45, 7) is 3.08. The first kappa shape index (κ1) is 15.3. The molecule has 1 heterocycles. The summed E-state index contributed by atoms with van der Waals surface area (Å²) in [6, 6.07) is 0. The largest absolute Gasteiger partial charge is 0.480 e. The summed E-state index contributed by atoms with van der Waals surface area (Å²) < 4.78 is 5.15. The van der Waals surface area contributed by atoms with Crippen LogP contribution in [0.1, 0.15) is 32.6 Å². The van der Waals surface area contributed by atoms with Crippen molar-refractivity contribution in [1.82, 2.24) is 5.32 Å². The van der Waals surface area contributed by atoms with Gasteiger partial charge in [-0.2, -0.15) is 11.8 Å². The van der Waals surface area contributed by atoms with Gasteiger partial charge in [-0.1, -0.05) is 0 Å². The molecule has 6 heteroatoms. The minimum Gasteiger partial charge on any atom is -0.480 e. The number of hydrogen-bond donors (Lipinski definition) is 2. The SMILES string of the molecule is CCOCCCC(=O)NC1(C(=O)O)CCSCC1. The first-order valence-corrected chi connectivity index (χ1v) is 7.46. The molecular weight excluding hydrogens is 254 g/mol. The van der Waals surface area contributed by atoms with Crippen LogP contribution in [0.5, 0.6) is 0 Å².